The number of amides is 2. The van der Waals surface area contributed by atoms with Crippen LogP contribution in [0, 0.1) is 0 Å². The van der Waals surface area contributed by atoms with E-state index in [2.05, 4.69) is 17.6 Å². The summed E-state index contributed by atoms with van der Waals surface area (Å²) in [4.78, 5) is 25.8. The highest BCUT2D eigenvalue weighted by Crippen LogP contribution is 2.26. The summed E-state index contributed by atoms with van der Waals surface area (Å²) < 4.78 is 5.65. The molecular weight excluding hydrogens is 432 g/mol. The number of nitrogens with one attached hydrogen (secondary N) is 2. The number of carbonyl (C=O) groups is 2. The smallest absolute Gasteiger partial charge is 0.237 e. The van der Waals surface area contributed by atoms with Crippen molar-refractivity contribution in [1.29, 1.82) is 0 Å². The number of hydrogen-bond donors (Lipinski definition) is 2. The second-order valence-electron chi connectivity index (χ2n) is 7.71. The predicted octanol–water partition coefficient (Wildman–Crippen LogP) is 6.17. The third kappa shape index (κ3) is 8.31. The molecule has 0 bridgehead atoms. The van der Waals surface area contributed by atoms with Gasteiger partial charge >= 0.3 is 0 Å². The van der Waals surface area contributed by atoms with Gasteiger partial charge in [-0.05, 0) is 67.4 Å². The molecule has 1 unspecified atom stereocenters. The van der Waals surface area contributed by atoms with Crippen LogP contribution in [0.1, 0.15) is 32.3 Å². The summed E-state index contributed by atoms with van der Waals surface area (Å²) in [6.07, 6.45) is 2.45. The first kappa shape index (κ1) is 24.4. The summed E-state index contributed by atoms with van der Waals surface area (Å²) in [6.45, 7) is 4.70. The van der Waals surface area contributed by atoms with E-state index in [-0.39, 0.29) is 17.1 Å². The van der Waals surface area contributed by atoms with Gasteiger partial charge in [0.05, 0.1) is 18.3 Å². The molecule has 1 atom stereocenters. The van der Waals surface area contributed by atoms with Crippen LogP contribution in [-0.4, -0.2) is 23.7 Å². The molecule has 3 aromatic rings. The predicted molar refractivity (Wildman–Crippen MR) is 136 cm³/mol. The third-order valence-electron chi connectivity index (χ3n) is 4.92. The van der Waals surface area contributed by atoms with Crippen molar-refractivity contribution in [2.45, 2.75) is 43.3 Å². The molecule has 0 saturated heterocycles. The SMILES string of the molecule is CCCCOc1ccc(NC(=O)C(C)Sc2ccc(NC(=O)Cc3ccccc3)cc2)cc1. The van der Waals surface area contributed by atoms with E-state index < -0.39 is 0 Å². The Morgan fingerprint density at radius 1 is 0.879 bits per heavy atom. The molecule has 0 heterocycles. The molecule has 0 aliphatic rings. The molecular formula is C27H30N2O3S. The minimum atomic E-state index is -0.274. The Morgan fingerprint density at radius 3 is 2.18 bits per heavy atom. The van der Waals surface area contributed by atoms with Crippen molar-refractivity contribution in [1.82, 2.24) is 0 Å². The molecule has 0 aliphatic heterocycles. The first-order valence-electron chi connectivity index (χ1n) is 11.2. The number of carbonyl (C=O) groups excluding carboxylic acids is 2. The zero-order valence-electron chi connectivity index (χ0n) is 19.0. The number of thioether (sulfide) groups is 1. The molecule has 0 saturated carbocycles. The summed E-state index contributed by atoms with van der Waals surface area (Å²) in [5.74, 6) is 0.677. The molecule has 0 radical (unpaired) electrons. The molecule has 0 aromatic heterocycles. The highest BCUT2D eigenvalue weighted by Gasteiger charge is 2.15. The summed E-state index contributed by atoms with van der Waals surface area (Å²) >= 11 is 1.47. The Hall–Kier alpha value is -3.25. The number of hydrogen-bond acceptors (Lipinski definition) is 4. The van der Waals surface area contributed by atoms with E-state index in [4.69, 9.17) is 4.74 Å². The average molecular weight is 463 g/mol. The van der Waals surface area contributed by atoms with Gasteiger partial charge in [-0.2, -0.15) is 0 Å². The number of rotatable bonds is 11. The van der Waals surface area contributed by atoms with Crippen LogP contribution >= 0.6 is 11.8 Å². The van der Waals surface area contributed by atoms with Crippen LogP contribution < -0.4 is 15.4 Å². The fraction of sp³-hybridized carbons (Fsp3) is 0.259. The van der Waals surface area contributed by atoms with Crippen LogP contribution in [0.25, 0.3) is 0 Å². The Labute approximate surface area is 199 Å². The van der Waals surface area contributed by atoms with Crippen LogP contribution in [0.5, 0.6) is 5.75 Å². The molecule has 33 heavy (non-hydrogen) atoms. The van der Waals surface area contributed by atoms with E-state index in [1.165, 1.54) is 11.8 Å². The van der Waals surface area contributed by atoms with E-state index >= 15 is 0 Å². The average Bonchev–Trinajstić information content (AvgIpc) is 2.82. The molecule has 2 N–H and O–H groups in total. The van der Waals surface area contributed by atoms with E-state index in [0.29, 0.717) is 13.0 Å². The Bertz CT molecular complexity index is 1020. The van der Waals surface area contributed by atoms with Crippen LogP contribution in [0.15, 0.2) is 83.8 Å². The Morgan fingerprint density at radius 2 is 1.52 bits per heavy atom. The van der Waals surface area contributed by atoms with Gasteiger partial charge in [0.15, 0.2) is 0 Å². The molecule has 0 fully saturated rings. The molecule has 0 spiro atoms. The highest BCUT2D eigenvalue weighted by molar-refractivity contribution is 8.00. The third-order valence-corrected chi connectivity index (χ3v) is 6.03. The van der Waals surface area contributed by atoms with Crippen molar-refractivity contribution >= 4 is 35.0 Å². The maximum atomic E-state index is 12.6. The van der Waals surface area contributed by atoms with Gasteiger partial charge < -0.3 is 15.4 Å². The summed E-state index contributed by atoms with van der Waals surface area (Å²) in [5, 5.41) is 5.58. The van der Waals surface area contributed by atoms with Crippen molar-refractivity contribution in [3.63, 3.8) is 0 Å². The Kier molecular flexibility index (Phi) is 9.39. The lowest BCUT2D eigenvalue weighted by atomic mass is 10.1. The van der Waals surface area contributed by atoms with Crippen LogP contribution in [0.2, 0.25) is 0 Å². The van der Waals surface area contributed by atoms with Gasteiger partial charge in [-0.15, -0.1) is 11.8 Å². The minimum Gasteiger partial charge on any atom is -0.494 e. The van der Waals surface area contributed by atoms with Crippen molar-refractivity contribution in [3.05, 3.63) is 84.4 Å². The standard InChI is InChI=1S/C27H30N2O3S/c1-3-4-18-32-24-14-10-23(11-15-24)29-27(31)20(2)33-25-16-12-22(13-17-25)28-26(30)19-21-8-6-5-7-9-21/h5-17,20H,3-4,18-19H2,1-2H3,(H,28,30)(H,29,31). The number of ether oxygens (including phenoxy) is 1. The second-order valence-corrected chi connectivity index (χ2v) is 9.12. The Balaban J connectivity index is 1.46. The lowest BCUT2D eigenvalue weighted by Crippen LogP contribution is -2.22. The summed E-state index contributed by atoms with van der Waals surface area (Å²) in [6, 6.07) is 24.6. The first-order chi connectivity index (χ1) is 16.0. The van der Waals surface area contributed by atoms with Crippen molar-refractivity contribution in [2.24, 2.45) is 0 Å². The lowest BCUT2D eigenvalue weighted by molar-refractivity contribution is -0.116. The molecule has 0 aliphatic carbocycles. The van der Waals surface area contributed by atoms with Gasteiger partial charge in [0, 0.05) is 16.3 Å². The van der Waals surface area contributed by atoms with E-state index in [9.17, 15) is 9.59 Å². The zero-order valence-corrected chi connectivity index (χ0v) is 19.9. The van der Waals surface area contributed by atoms with E-state index in [1.807, 2.05) is 85.8 Å². The quantitative estimate of drug-likeness (QED) is 0.264. The van der Waals surface area contributed by atoms with E-state index in [1.54, 1.807) is 0 Å². The van der Waals surface area contributed by atoms with Crippen molar-refractivity contribution in [3.8, 4) is 5.75 Å². The highest BCUT2D eigenvalue weighted by atomic mass is 32.2. The number of benzene rings is 3. The maximum absolute atomic E-state index is 12.6. The van der Waals surface area contributed by atoms with Crippen LogP contribution in [0.4, 0.5) is 11.4 Å². The van der Waals surface area contributed by atoms with Gasteiger partial charge in [0.1, 0.15) is 5.75 Å². The molecule has 6 heteroatoms. The lowest BCUT2D eigenvalue weighted by Gasteiger charge is -2.13. The van der Waals surface area contributed by atoms with Gasteiger partial charge in [-0.3, -0.25) is 9.59 Å². The van der Waals surface area contributed by atoms with Gasteiger partial charge in [0.2, 0.25) is 11.8 Å². The van der Waals surface area contributed by atoms with Gasteiger partial charge in [0.25, 0.3) is 0 Å². The van der Waals surface area contributed by atoms with Crippen LogP contribution in [0.3, 0.4) is 0 Å². The second kappa shape index (κ2) is 12.7. The fourth-order valence-electron chi connectivity index (χ4n) is 3.07. The van der Waals surface area contributed by atoms with Gasteiger partial charge in [-0.25, -0.2) is 0 Å². The molecule has 3 rings (SSSR count). The summed E-state index contributed by atoms with van der Waals surface area (Å²) in [5.41, 5.74) is 2.45. The minimum absolute atomic E-state index is 0.0591. The normalized spacial score (nSPS) is 11.5. The first-order valence-corrected chi connectivity index (χ1v) is 12.1. The fourth-order valence-corrected chi connectivity index (χ4v) is 3.94. The van der Waals surface area contributed by atoms with Crippen molar-refractivity contribution < 1.29 is 14.3 Å². The topological polar surface area (TPSA) is 67.4 Å². The number of anilines is 2. The van der Waals surface area contributed by atoms with Crippen LogP contribution in [-0.2, 0) is 16.0 Å². The van der Waals surface area contributed by atoms with E-state index in [0.717, 1.165) is 40.4 Å². The molecule has 3 aromatic carbocycles. The number of unbranched alkanes of at least 4 members (excludes halogenated alkanes) is 1. The van der Waals surface area contributed by atoms with Gasteiger partial charge in [-0.1, -0.05) is 43.7 Å². The molecule has 2 amide bonds. The maximum Gasteiger partial charge on any atom is 0.237 e. The molecule has 172 valence electrons. The van der Waals surface area contributed by atoms with Crippen molar-refractivity contribution in [2.75, 3.05) is 17.2 Å². The molecule has 5 nitrogen and oxygen atoms in total. The summed E-state index contributed by atoms with van der Waals surface area (Å²) in [7, 11) is 0. The zero-order chi connectivity index (χ0) is 23.5. The largest absolute Gasteiger partial charge is 0.494 e. The monoisotopic (exact) mass is 462 g/mol.